The van der Waals surface area contributed by atoms with E-state index in [0.717, 1.165) is 11.3 Å². The molecule has 1 aromatic carbocycles. The van der Waals surface area contributed by atoms with Crippen LogP contribution in [0, 0.1) is 0 Å². The number of benzene rings is 1. The average molecular weight is 319 g/mol. The number of carbonyl (C=O) groups is 2. The third kappa shape index (κ3) is 3.80. The summed E-state index contributed by atoms with van der Waals surface area (Å²) < 4.78 is 5.70. The molecule has 0 aliphatic carbocycles. The van der Waals surface area contributed by atoms with E-state index in [1.165, 1.54) is 0 Å². The van der Waals surface area contributed by atoms with Crippen LogP contribution in [-0.4, -0.2) is 72.2 Å². The first kappa shape index (κ1) is 15.8. The molecule has 23 heavy (non-hydrogen) atoms. The highest BCUT2D eigenvalue weighted by Gasteiger charge is 2.28. The van der Waals surface area contributed by atoms with Gasteiger partial charge in [0.1, 0.15) is 18.4 Å². The summed E-state index contributed by atoms with van der Waals surface area (Å²) in [5.41, 5.74) is 1.07. The number of hydrogen-bond donors (Lipinski definition) is 2. The number of fused-ring (bicyclic) bond motifs is 1. The maximum absolute atomic E-state index is 12.5. The van der Waals surface area contributed by atoms with Gasteiger partial charge >= 0.3 is 5.97 Å². The smallest absolute Gasteiger partial charge is 0.322 e. The van der Waals surface area contributed by atoms with Gasteiger partial charge in [-0.3, -0.25) is 14.5 Å². The van der Waals surface area contributed by atoms with Crippen LogP contribution in [0.4, 0.5) is 0 Å². The molecule has 0 aromatic heterocycles. The van der Waals surface area contributed by atoms with Crippen molar-refractivity contribution in [2.45, 2.75) is 12.6 Å². The number of carbonyl (C=O) groups excluding carboxylic acids is 1. The Balaban J connectivity index is 1.60. The Bertz CT molecular complexity index is 592. The van der Waals surface area contributed by atoms with Gasteiger partial charge in [-0.05, 0) is 6.07 Å². The lowest BCUT2D eigenvalue weighted by Crippen LogP contribution is -2.57. The molecule has 0 spiro atoms. The number of para-hydroxylation sites is 1. The molecule has 2 heterocycles. The molecular weight excluding hydrogens is 298 g/mol. The van der Waals surface area contributed by atoms with Crippen LogP contribution in [0.2, 0.25) is 0 Å². The van der Waals surface area contributed by atoms with Crippen LogP contribution < -0.4 is 10.1 Å². The van der Waals surface area contributed by atoms with Crippen molar-refractivity contribution in [1.29, 1.82) is 0 Å². The second-order valence-corrected chi connectivity index (χ2v) is 5.85. The maximum Gasteiger partial charge on any atom is 0.322 e. The van der Waals surface area contributed by atoms with Crippen LogP contribution in [0.5, 0.6) is 5.75 Å². The van der Waals surface area contributed by atoms with Crippen molar-refractivity contribution < 1.29 is 19.4 Å². The van der Waals surface area contributed by atoms with Crippen LogP contribution in [-0.2, 0) is 16.1 Å². The van der Waals surface area contributed by atoms with Gasteiger partial charge in [-0.15, -0.1) is 0 Å². The first-order valence-electron chi connectivity index (χ1n) is 7.80. The van der Waals surface area contributed by atoms with Gasteiger partial charge in [-0.1, -0.05) is 18.2 Å². The van der Waals surface area contributed by atoms with Crippen molar-refractivity contribution in [2.24, 2.45) is 0 Å². The Hall–Kier alpha value is -2.12. The van der Waals surface area contributed by atoms with E-state index >= 15 is 0 Å². The number of aliphatic carboxylic acids is 1. The van der Waals surface area contributed by atoms with E-state index in [1.807, 2.05) is 29.2 Å². The van der Waals surface area contributed by atoms with Crippen LogP contribution >= 0.6 is 0 Å². The van der Waals surface area contributed by atoms with Crippen LogP contribution in [0.25, 0.3) is 0 Å². The molecule has 3 rings (SSSR count). The third-order valence-electron chi connectivity index (χ3n) is 4.22. The molecule has 2 aliphatic rings. The lowest BCUT2D eigenvalue weighted by molar-refractivity contribution is -0.143. The minimum Gasteiger partial charge on any atom is -0.492 e. The standard InChI is InChI=1S/C16H21N3O4/c20-15(19-6-5-17-13(10-19)16(21)22)11-18-7-8-23-14-4-2-1-3-12(14)9-18/h1-4,13,17H,5-11H2,(H,21,22)/t13-/m1/s1. The Morgan fingerprint density at radius 2 is 2.13 bits per heavy atom. The van der Waals surface area contributed by atoms with Gasteiger partial charge in [0.05, 0.1) is 6.54 Å². The first-order valence-corrected chi connectivity index (χ1v) is 7.80. The van der Waals surface area contributed by atoms with Gasteiger partial charge in [0.15, 0.2) is 0 Å². The van der Waals surface area contributed by atoms with E-state index in [4.69, 9.17) is 9.84 Å². The summed E-state index contributed by atoms with van der Waals surface area (Å²) in [6.07, 6.45) is 0. The van der Waals surface area contributed by atoms with Gasteiger partial charge in [-0.25, -0.2) is 0 Å². The van der Waals surface area contributed by atoms with E-state index < -0.39 is 12.0 Å². The molecule has 0 radical (unpaired) electrons. The molecule has 2 N–H and O–H groups in total. The van der Waals surface area contributed by atoms with E-state index in [0.29, 0.717) is 32.8 Å². The summed E-state index contributed by atoms with van der Waals surface area (Å²) >= 11 is 0. The molecule has 1 atom stereocenters. The third-order valence-corrected chi connectivity index (χ3v) is 4.22. The number of amides is 1. The fourth-order valence-electron chi connectivity index (χ4n) is 2.95. The molecule has 1 amide bonds. The number of nitrogens with zero attached hydrogens (tertiary/aromatic N) is 2. The molecule has 0 saturated carbocycles. The molecule has 2 aliphatic heterocycles. The Labute approximate surface area is 134 Å². The number of rotatable bonds is 3. The molecule has 1 aromatic rings. The highest BCUT2D eigenvalue weighted by Crippen LogP contribution is 2.22. The quantitative estimate of drug-likeness (QED) is 0.801. The van der Waals surface area contributed by atoms with E-state index in [9.17, 15) is 9.59 Å². The molecule has 0 bridgehead atoms. The highest BCUT2D eigenvalue weighted by atomic mass is 16.5. The molecule has 0 unspecified atom stereocenters. The zero-order chi connectivity index (χ0) is 16.2. The number of piperazine rings is 1. The van der Waals surface area contributed by atoms with Crippen molar-refractivity contribution in [3.63, 3.8) is 0 Å². The van der Waals surface area contributed by atoms with E-state index in [2.05, 4.69) is 5.32 Å². The predicted molar refractivity (Wildman–Crippen MR) is 83.2 cm³/mol. The Morgan fingerprint density at radius 1 is 1.30 bits per heavy atom. The van der Waals surface area contributed by atoms with Crippen molar-refractivity contribution in [3.05, 3.63) is 29.8 Å². The van der Waals surface area contributed by atoms with Crippen LogP contribution in [0.3, 0.4) is 0 Å². The fourth-order valence-corrected chi connectivity index (χ4v) is 2.95. The topological polar surface area (TPSA) is 82.1 Å². The molecule has 1 fully saturated rings. The average Bonchev–Trinajstić information content (AvgIpc) is 2.76. The van der Waals surface area contributed by atoms with Crippen molar-refractivity contribution in [1.82, 2.24) is 15.1 Å². The van der Waals surface area contributed by atoms with Gasteiger partial charge in [0, 0.05) is 38.3 Å². The predicted octanol–water partition coefficient (Wildman–Crippen LogP) is -0.234. The fraction of sp³-hybridized carbons (Fsp3) is 0.500. The molecule has 1 saturated heterocycles. The number of hydrogen-bond acceptors (Lipinski definition) is 5. The monoisotopic (exact) mass is 319 g/mol. The van der Waals surface area contributed by atoms with Gasteiger partial charge in [0.2, 0.25) is 5.91 Å². The molecule has 7 nitrogen and oxygen atoms in total. The molecular formula is C16H21N3O4. The van der Waals surface area contributed by atoms with Crippen LogP contribution in [0.1, 0.15) is 5.56 Å². The van der Waals surface area contributed by atoms with Crippen LogP contribution in [0.15, 0.2) is 24.3 Å². The minimum atomic E-state index is -0.917. The number of ether oxygens (including phenoxy) is 1. The van der Waals surface area contributed by atoms with E-state index in [1.54, 1.807) is 4.90 Å². The maximum atomic E-state index is 12.5. The zero-order valence-electron chi connectivity index (χ0n) is 12.9. The lowest BCUT2D eigenvalue weighted by Gasteiger charge is -2.33. The summed E-state index contributed by atoms with van der Waals surface area (Å²) in [6, 6.07) is 7.16. The largest absolute Gasteiger partial charge is 0.492 e. The minimum absolute atomic E-state index is 0.0304. The molecule has 124 valence electrons. The SMILES string of the molecule is O=C(O)[C@H]1CN(C(=O)CN2CCOc3ccccc3C2)CCN1. The second kappa shape index (κ2) is 6.97. The van der Waals surface area contributed by atoms with Gasteiger partial charge < -0.3 is 20.1 Å². The molecule has 7 heteroatoms. The summed E-state index contributed by atoms with van der Waals surface area (Å²) in [5.74, 6) is -0.0766. The zero-order valence-corrected chi connectivity index (χ0v) is 12.9. The number of carboxylic acids is 1. The first-order chi connectivity index (χ1) is 11.1. The summed E-state index contributed by atoms with van der Waals surface area (Å²) in [5, 5.41) is 12.0. The summed E-state index contributed by atoms with van der Waals surface area (Å²) in [4.78, 5) is 27.2. The van der Waals surface area contributed by atoms with E-state index in [-0.39, 0.29) is 19.0 Å². The normalized spacial score (nSPS) is 21.9. The lowest BCUT2D eigenvalue weighted by atomic mass is 10.2. The van der Waals surface area contributed by atoms with Crippen molar-refractivity contribution in [3.8, 4) is 5.75 Å². The van der Waals surface area contributed by atoms with Crippen molar-refractivity contribution in [2.75, 3.05) is 39.3 Å². The second-order valence-electron chi connectivity index (χ2n) is 5.85. The Morgan fingerprint density at radius 3 is 2.96 bits per heavy atom. The summed E-state index contributed by atoms with van der Waals surface area (Å²) in [7, 11) is 0. The van der Waals surface area contributed by atoms with Gasteiger partial charge in [0.25, 0.3) is 0 Å². The highest BCUT2D eigenvalue weighted by molar-refractivity contribution is 5.80. The number of carboxylic acid groups (broad SMARTS) is 1. The Kier molecular flexibility index (Phi) is 4.78. The van der Waals surface area contributed by atoms with Gasteiger partial charge in [-0.2, -0.15) is 0 Å². The summed E-state index contributed by atoms with van der Waals surface area (Å²) in [6.45, 7) is 3.44. The van der Waals surface area contributed by atoms with Crippen molar-refractivity contribution >= 4 is 11.9 Å². The number of nitrogens with one attached hydrogen (secondary N) is 1.